The number of aromatic nitrogens is 3. The van der Waals surface area contributed by atoms with Crippen LogP contribution in [0.5, 0.6) is 5.75 Å². The lowest BCUT2D eigenvalue weighted by Gasteiger charge is -2.35. The van der Waals surface area contributed by atoms with Gasteiger partial charge >= 0.3 is 0 Å². The molecule has 0 aliphatic heterocycles. The van der Waals surface area contributed by atoms with Crippen molar-refractivity contribution in [3.8, 4) is 39.4 Å². The van der Waals surface area contributed by atoms with Gasteiger partial charge in [-0.15, -0.1) is 11.3 Å². The van der Waals surface area contributed by atoms with Crippen molar-refractivity contribution < 1.29 is 5.11 Å². The van der Waals surface area contributed by atoms with Gasteiger partial charge in [0.1, 0.15) is 16.9 Å². The molecule has 0 unspecified atom stereocenters. The number of aromatic hydroxyl groups is 1. The van der Waals surface area contributed by atoms with Crippen LogP contribution in [0.1, 0.15) is 80.6 Å². The van der Waals surface area contributed by atoms with Crippen LogP contribution in [0.2, 0.25) is 0 Å². The van der Waals surface area contributed by atoms with Crippen molar-refractivity contribution in [3.05, 3.63) is 154 Å². The van der Waals surface area contributed by atoms with E-state index < -0.39 is 5.41 Å². The number of phenolic OH excluding ortho intramolecular Hbond substituents is 1. The fraction of sp³-hybridized carbons (Fsp3) is 0.222. The van der Waals surface area contributed by atoms with E-state index in [1.54, 1.807) is 23.7 Å². The number of aryl methyl sites for hydroxylation is 1. The topological polar surface area (TPSA) is 58.9 Å². The average molecular weight is 672 g/mol. The predicted octanol–water partition coefficient (Wildman–Crippen LogP) is 11.4. The maximum atomic E-state index is 11.0. The second kappa shape index (κ2) is 11.5. The number of rotatable bonds is 4. The first-order valence-corrected chi connectivity index (χ1v) is 18.1. The zero-order valence-corrected chi connectivity index (χ0v) is 30.5. The highest BCUT2D eigenvalue weighted by Crippen LogP contribution is 2.57. The maximum absolute atomic E-state index is 11.0. The van der Waals surface area contributed by atoms with E-state index in [4.69, 9.17) is 9.97 Å². The Hall–Kier alpha value is -5.13. The normalized spacial score (nSPS) is 13.7. The molecule has 0 amide bonds. The Morgan fingerprint density at radius 3 is 1.98 bits per heavy atom. The molecule has 1 N–H and O–H groups in total. The number of para-hydroxylation sites is 1. The smallest absolute Gasteiger partial charge is 0.127 e. The monoisotopic (exact) mass is 671 g/mol. The highest BCUT2D eigenvalue weighted by atomic mass is 32.1. The number of benzene rings is 4. The molecule has 8 rings (SSSR count). The van der Waals surface area contributed by atoms with E-state index in [0.29, 0.717) is 5.56 Å². The molecule has 3 heterocycles. The molecular formula is C45H41N3OS. The van der Waals surface area contributed by atoms with Gasteiger partial charge in [-0.25, -0.2) is 9.97 Å². The molecule has 1 aliphatic carbocycles. The Labute approximate surface area is 298 Å². The minimum absolute atomic E-state index is 0.0674. The van der Waals surface area contributed by atoms with Crippen molar-refractivity contribution in [2.45, 2.75) is 64.7 Å². The number of fused-ring (bicyclic) bond motifs is 4. The Balaban J connectivity index is 1.51. The quantitative estimate of drug-likeness (QED) is 0.202. The van der Waals surface area contributed by atoms with Gasteiger partial charge in [0, 0.05) is 16.5 Å². The lowest BCUT2D eigenvalue weighted by atomic mass is 9.67. The lowest BCUT2D eigenvalue weighted by Crippen LogP contribution is -2.31. The number of hydrogen-bond donors (Lipinski definition) is 1. The van der Waals surface area contributed by atoms with Crippen molar-refractivity contribution in [3.63, 3.8) is 0 Å². The molecule has 248 valence electrons. The molecule has 4 nitrogen and oxygen atoms in total. The SMILES string of the molecule is Cc1csc2ncnc(-c3cccc(C4(c5cccc(-c6ccccc6O)n5)c5cc(C(C)(C)C)ccc5-c5ccc(C(C)(C)C)cc54)c3)c12. The average Bonchev–Trinajstić information content (AvgIpc) is 3.63. The summed E-state index contributed by atoms with van der Waals surface area (Å²) in [6.07, 6.45) is 1.68. The minimum Gasteiger partial charge on any atom is -0.507 e. The van der Waals surface area contributed by atoms with E-state index in [1.165, 1.54) is 38.9 Å². The molecule has 0 saturated carbocycles. The summed E-state index contributed by atoms with van der Waals surface area (Å²) in [7, 11) is 0. The van der Waals surface area contributed by atoms with Gasteiger partial charge in [0.15, 0.2) is 0 Å². The summed E-state index contributed by atoms with van der Waals surface area (Å²) in [4.78, 5) is 15.9. The highest BCUT2D eigenvalue weighted by molar-refractivity contribution is 7.17. The highest BCUT2D eigenvalue weighted by Gasteiger charge is 2.48. The molecule has 7 aromatic rings. The number of thiophene rings is 1. The molecule has 1 aliphatic rings. The summed E-state index contributed by atoms with van der Waals surface area (Å²) in [5, 5.41) is 14.2. The number of pyridine rings is 1. The van der Waals surface area contributed by atoms with Gasteiger partial charge in [0.2, 0.25) is 0 Å². The van der Waals surface area contributed by atoms with Crippen LogP contribution in [-0.2, 0) is 16.2 Å². The minimum atomic E-state index is -0.764. The molecule has 0 fully saturated rings. The lowest BCUT2D eigenvalue weighted by molar-refractivity contribution is 0.477. The Bertz CT molecular complexity index is 2380. The van der Waals surface area contributed by atoms with Crippen LogP contribution < -0.4 is 0 Å². The maximum Gasteiger partial charge on any atom is 0.127 e. The predicted molar refractivity (Wildman–Crippen MR) is 207 cm³/mol. The van der Waals surface area contributed by atoms with Crippen LogP contribution in [0.3, 0.4) is 0 Å². The third kappa shape index (κ3) is 4.98. The fourth-order valence-corrected chi connectivity index (χ4v) is 8.50. The molecule has 0 saturated heterocycles. The van der Waals surface area contributed by atoms with Crippen LogP contribution >= 0.6 is 11.3 Å². The van der Waals surface area contributed by atoms with E-state index >= 15 is 0 Å². The van der Waals surface area contributed by atoms with Crippen molar-refractivity contribution in [2.75, 3.05) is 0 Å². The standard InChI is InChI=1S/C45H41N3OS/c1-27-25-50-42-40(27)41(46-26-47-42)28-12-10-13-31(22-28)45(39-17-11-15-37(48-39)34-14-8-9-16-38(34)49)35-23-29(43(2,3)4)18-20-32(35)33-21-19-30(24-36(33)45)44(5,6)7/h8-26,49H,1-7H3. The first-order valence-electron chi connectivity index (χ1n) is 17.2. The summed E-state index contributed by atoms with van der Waals surface area (Å²) in [5.41, 5.74) is 13.1. The van der Waals surface area contributed by atoms with Gasteiger partial charge in [-0.1, -0.05) is 114 Å². The molecule has 3 aromatic heterocycles. The zero-order chi connectivity index (χ0) is 35.0. The summed E-state index contributed by atoms with van der Waals surface area (Å²) in [6.45, 7) is 15.8. The van der Waals surface area contributed by atoms with E-state index in [0.717, 1.165) is 38.4 Å². The molecule has 5 heteroatoms. The molecule has 0 radical (unpaired) electrons. The van der Waals surface area contributed by atoms with Crippen molar-refractivity contribution in [1.82, 2.24) is 15.0 Å². The van der Waals surface area contributed by atoms with Crippen molar-refractivity contribution in [2.24, 2.45) is 0 Å². The zero-order valence-electron chi connectivity index (χ0n) is 29.7. The van der Waals surface area contributed by atoms with Gasteiger partial charge in [0.25, 0.3) is 0 Å². The summed E-state index contributed by atoms with van der Waals surface area (Å²) >= 11 is 1.66. The molecule has 0 atom stereocenters. The summed E-state index contributed by atoms with van der Waals surface area (Å²) < 4.78 is 0. The number of phenols is 1. The van der Waals surface area contributed by atoms with Crippen LogP contribution in [-0.4, -0.2) is 20.1 Å². The van der Waals surface area contributed by atoms with Gasteiger partial charge in [0.05, 0.1) is 22.5 Å². The molecule has 0 bridgehead atoms. The van der Waals surface area contributed by atoms with Gasteiger partial charge in [-0.05, 0) is 98.0 Å². The van der Waals surface area contributed by atoms with Crippen molar-refractivity contribution >= 4 is 21.6 Å². The second-order valence-electron chi connectivity index (χ2n) is 15.6. The first kappa shape index (κ1) is 32.1. The number of nitrogens with zero attached hydrogens (tertiary/aromatic N) is 3. The third-order valence-corrected chi connectivity index (χ3v) is 11.3. The molecule has 4 aromatic carbocycles. The largest absolute Gasteiger partial charge is 0.507 e. The van der Waals surface area contributed by atoms with E-state index in [9.17, 15) is 5.11 Å². The second-order valence-corrected chi connectivity index (χ2v) is 16.5. The Kier molecular flexibility index (Phi) is 7.36. The molecule has 50 heavy (non-hydrogen) atoms. The fourth-order valence-electron chi connectivity index (χ4n) is 7.61. The van der Waals surface area contributed by atoms with Gasteiger partial charge < -0.3 is 5.11 Å². The summed E-state index contributed by atoms with van der Waals surface area (Å²) in [6, 6.07) is 36.6. The number of hydrogen-bond acceptors (Lipinski definition) is 5. The van der Waals surface area contributed by atoms with E-state index in [-0.39, 0.29) is 16.6 Å². The Morgan fingerprint density at radius 2 is 1.32 bits per heavy atom. The van der Waals surface area contributed by atoms with Crippen LogP contribution in [0, 0.1) is 6.92 Å². The van der Waals surface area contributed by atoms with Crippen LogP contribution in [0.15, 0.2) is 115 Å². The van der Waals surface area contributed by atoms with Gasteiger partial charge in [-0.3, -0.25) is 4.98 Å². The van der Waals surface area contributed by atoms with E-state index in [1.807, 2.05) is 24.3 Å². The molecule has 0 spiro atoms. The Morgan fingerprint density at radius 1 is 0.660 bits per heavy atom. The third-order valence-electron chi connectivity index (χ3n) is 10.3. The van der Waals surface area contributed by atoms with Crippen molar-refractivity contribution in [1.29, 1.82) is 0 Å². The van der Waals surface area contributed by atoms with Gasteiger partial charge in [-0.2, -0.15) is 0 Å². The van der Waals surface area contributed by atoms with Crippen LogP contribution in [0.4, 0.5) is 0 Å². The molecular weight excluding hydrogens is 631 g/mol. The van der Waals surface area contributed by atoms with Crippen LogP contribution in [0.25, 0.3) is 43.9 Å². The van der Waals surface area contributed by atoms with E-state index in [2.05, 4.69) is 132 Å². The summed E-state index contributed by atoms with van der Waals surface area (Å²) in [5.74, 6) is 0.212. The first-order chi connectivity index (χ1) is 23.9.